The highest BCUT2D eigenvalue weighted by Gasteiger charge is 2.52. The summed E-state index contributed by atoms with van der Waals surface area (Å²) in [6.45, 7) is 0.451. The smallest absolute Gasteiger partial charge is 0.323 e. The molecular weight excluding hydrogens is 456 g/mol. The van der Waals surface area contributed by atoms with Gasteiger partial charge in [-0.05, 0) is 43.9 Å². The van der Waals surface area contributed by atoms with Gasteiger partial charge in [0.15, 0.2) is 0 Å². The van der Waals surface area contributed by atoms with Crippen molar-refractivity contribution in [3.8, 4) is 0 Å². The van der Waals surface area contributed by atoms with Crippen LogP contribution in [0.4, 0.5) is 10.5 Å². The van der Waals surface area contributed by atoms with Gasteiger partial charge in [0.1, 0.15) is 12.1 Å². The van der Waals surface area contributed by atoms with Crippen molar-refractivity contribution in [1.82, 2.24) is 14.5 Å². The predicted octanol–water partition coefficient (Wildman–Crippen LogP) is 2.71. The third-order valence-electron chi connectivity index (χ3n) is 6.42. The number of nitrogens with zero attached hydrogens (tertiary/aromatic N) is 2. The van der Waals surface area contributed by atoms with Gasteiger partial charge >= 0.3 is 6.03 Å². The van der Waals surface area contributed by atoms with Crippen molar-refractivity contribution >= 4 is 45.2 Å². The number of anilines is 1. The van der Waals surface area contributed by atoms with E-state index in [-0.39, 0.29) is 15.6 Å². The Morgan fingerprint density at radius 2 is 1.72 bits per heavy atom. The minimum Gasteiger partial charge on any atom is -0.323 e. The molecule has 4 rings (SSSR count). The monoisotopic (exact) mass is 482 g/mol. The molecule has 0 bridgehead atoms. The molecule has 174 valence electrons. The summed E-state index contributed by atoms with van der Waals surface area (Å²) in [5.74, 6) is -1.02. The first-order chi connectivity index (χ1) is 15.2. The van der Waals surface area contributed by atoms with Gasteiger partial charge in [-0.3, -0.25) is 14.5 Å². The van der Waals surface area contributed by atoms with Crippen LogP contribution in [0.25, 0.3) is 0 Å². The molecule has 0 aromatic heterocycles. The fourth-order valence-corrected chi connectivity index (χ4v) is 6.37. The van der Waals surface area contributed by atoms with Crippen molar-refractivity contribution in [2.24, 2.45) is 0 Å². The number of hydrogen-bond acceptors (Lipinski definition) is 5. The molecule has 9 nitrogen and oxygen atoms in total. The van der Waals surface area contributed by atoms with Gasteiger partial charge in [-0.1, -0.05) is 37.3 Å². The third-order valence-corrected chi connectivity index (χ3v) is 8.64. The lowest BCUT2D eigenvalue weighted by molar-refractivity contribution is -0.133. The molecule has 1 aromatic carbocycles. The predicted molar refractivity (Wildman–Crippen MR) is 119 cm³/mol. The zero-order valence-electron chi connectivity index (χ0n) is 17.7. The van der Waals surface area contributed by atoms with E-state index >= 15 is 0 Å². The molecule has 1 saturated carbocycles. The van der Waals surface area contributed by atoms with Gasteiger partial charge in [0.25, 0.3) is 5.91 Å². The van der Waals surface area contributed by atoms with Crippen LogP contribution in [0, 0.1) is 0 Å². The van der Waals surface area contributed by atoms with Crippen molar-refractivity contribution in [2.45, 2.75) is 61.8 Å². The summed E-state index contributed by atoms with van der Waals surface area (Å²) in [5, 5.41) is 5.45. The summed E-state index contributed by atoms with van der Waals surface area (Å²) in [4.78, 5) is 38.6. The van der Waals surface area contributed by atoms with E-state index in [1.165, 1.54) is 22.5 Å². The maximum atomic E-state index is 13.1. The Morgan fingerprint density at radius 1 is 1.06 bits per heavy atom. The molecule has 4 amide bonds. The van der Waals surface area contributed by atoms with E-state index in [4.69, 9.17) is 11.6 Å². The van der Waals surface area contributed by atoms with Gasteiger partial charge in [0.2, 0.25) is 15.9 Å². The van der Waals surface area contributed by atoms with E-state index < -0.39 is 40.0 Å². The summed E-state index contributed by atoms with van der Waals surface area (Å²) >= 11 is 6.19. The molecule has 32 heavy (non-hydrogen) atoms. The molecule has 2 saturated heterocycles. The first-order valence-corrected chi connectivity index (χ1v) is 12.8. The minimum atomic E-state index is -3.72. The van der Waals surface area contributed by atoms with Crippen LogP contribution in [0.15, 0.2) is 23.1 Å². The Bertz CT molecular complexity index is 1030. The largest absolute Gasteiger partial charge is 0.325 e. The van der Waals surface area contributed by atoms with Gasteiger partial charge in [-0.2, -0.15) is 4.31 Å². The zero-order chi connectivity index (χ0) is 22.9. The molecule has 3 aliphatic rings. The van der Waals surface area contributed by atoms with Crippen LogP contribution in [0.5, 0.6) is 0 Å². The number of benzene rings is 1. The molecule has 1 aliphatic carbocycles. The normalized spacial score (nSPS) is 21.6. The van der Waals surface area contributed by atoms with Crippen LogP contribution in [0.3, 0.4) is 0 Å². The molecule has 0 unspecified atom stereocenters. The molecular formula is C21H27ClN4O5S. The minimum absolute atomic E-state index is 0.0407. The number of nitrogens with one attached hydrogen (secondary N) is 2. The third kappa shape index (κ3) is 4.35. The van der Waals surface area contributed by atoms with Gasteiger partial charge in [0.05, 0.1) is 15.6 Å². The molecule has 2 heterocycles. The van der Waals surface area contributed by atoms with Crippen LogP contribution in [-0.2, 0) is 19.6 Å². The van der Waals surface area contributed by atoms with Crippen molar-refractivity contribution in [3.63, 3.8) is 0 Å². The number of hydrogen-bond donors (Lipinski definition) is 2. The highest BCUT2D eigenvalue weighted by molar-refractivity contribution is 7.89. The fourth-order valence-electron chi connectivity index (χ4n) is 4.66. The Morgan fingerprint density at radius 3 is 2.38 bits per heavy atom. The maximum Gasteiger partial charge on any atom is 0.325 e. The maximum absolute atomic E-state index is 13.1. The average molecular weight is 483 g/mol. The summed E-state index contributed by atoms with van der Waals surface area (Å²) in [6.07, 6.45) is 6.44. The lowest BCUT2D eigenvalue weighted by Crippen LogP contribution is -2.44. The molecule has 0 atom stereocenters. The number of carbonyl (C=O) groups excluding carboxylic acids is 3. The van der Waals surface area contributed by atoms with Crippen molar-refractivity contribution in [2.75, 3.05) is 25.0 Å². The molecule has 11 heteroatoms. The Kier molecular flexibility index (Phi) is 6.46. The topological polar surface area (TPSA) is 116 Å². The molecule has 0 radical (unpaired) electrons. The van der Waals surface area contributed by atoms with Gasteiger partial charge < -0.3 is 10.6 Å². The highest BCUT2D eigenvalue weighted by atomic mass is 35.5. The van der Waals surface area contributed by atoms with E-state index in [9.17, 15) is 22.8 Å². The van der Waals surface area contributed by atoms with Crippen molar-refractivity contribution in [1.29, 1.82) is 0 Å². The number of amides is 4. The van der Waals surface area contributed by atoms with Crippen LogP contribution in [0.1, 0.15) is 51.4 Å². The molecule has 2 aliphatic heterocycles. The number of urea groups is 1. The van der Waals surface area contributed by atoms with Gasteiger partial charge in [0, 0.05) is 13.1 Å². The zero-order valence-corrected chi connectivity index (χ0v) is 19.3. The van der Waals surface area contributed by atoms with Gasteiger partial charge in [-0.15, -0.1) is 0 Å². The lowest BCUT2D eigenvalue weighted by Gasteiger charge is -2.21. The van der Waals surface area contributed by atoms with E-state index in [2.05, 4.69) is 10.6 Å². The number of halogens is 1. The fraction of sp³-hybridized carbons (Fsp3) is 0.571. The summed E-state index contributed by atoms with van der Waals surface area (Å²) < 4.78 is 27.6. The van der Waals surface area contributed by atoms with E-state index in [1.54, 1.807) is 0 Å². The first kappa shape index (κ1) is 23.0. The lowest BCUT2D eigenvalue weighted by atomic mass is 9.98. The molecule has 1 aromatic rings. The standard InChI is InChI=1S/C21H27ClN4O5S/c22-16-8-7-15(32(30,31)25-11-5-1-2-6-12-25)13-17(16)23-18(27)14-26-19(28)21(24-20(26)29)9-3-4-10-21/h7-8,13H,1-6,9-12,14H2,(H,23,27)(H,24,29). The summed E-state index contributed by atoms with van der Waals surface area (Å²) in [5.41, 5.74) is -0.772. The Balaban J connectivity index is 1.48. The molecule has 1 spiro atoms. The highest BCUT2D eigenvalue weighted by Crippen LogP contribution is 2.35. The average Bonchev–Trinajstić information content (AvgIpc) is 3.16. The van der Waals surface area contributed by atoms with E-state index in [0.717, 1.165) is 43.4 Å². The quantitative estimate of drug-likeness (QED) is 0.626. The number of imide groups is 1. The first-order valence-electron chi connectivity index (χ1n) is 11.0. The van der Waals surface area contributed by atoms with E-state index in [0.29, 0.717) is 25.9 Å². The number of rotatable bonds is 5. The van der Waals surface area contributed by atoms with Crippen molar-refractivity contribution in [3.05, 3.63) is 23.2 Å². The van der Waals surface area contributed by atoms with Crippen LogP contribution >= 0.6 is 11.6 Å². The second-order valence-electron chi connectivity index (χ2n) is 8.62. The Labute approximate surface area is 192 Å². The van der Waals surface area contributed by atoms with Crippen molar-refractivity contribution < 1.29 is 22.8 Å². The summed E-state index contributed by atoms with van der Waals surface area (Å²) in [6, 6.07) is 3.57. The second kappa shape index (κ2) is 8.99. The SMILES string of the molecule is O=C(CN1C(=O)NC2(CCCC2)C1=O)Nc1cc(S(=O)(=O)N2CCCCCC2)ccc1Cl. The van der Waals surface area contributed by atoms with Gasteiger partial charge in [-0.25, -0.2) is 13.2 Å². The van der Waals surface area contributed by atoms with Crippen LogP contribution < -0.4 is 10.6 Å². The number of sulfonamides is 1. The molecule has 3 fully saturated rings. The van der Waals surface area contributed by atoms with Crippen LogP contribution in [0.2, 0.25) is 5.02 Å². The van der Waals surface area contributed by atoms with E-state index in [1.807, 2.05) is 0 Å². The molecule has 2 N–H and O–H groups in total. The van der Waals surface area contributed by atoms with Crippen LogP contribution in [-0.4, -0.2) is 60.6 Å². The summed E-state index contributed by atoms with van der Waals surface area (Å²) in [7, 11) is -3.72. The second-order valence-corrected chi connectivity index (χ2v) is 11.0. The Hall–Kier alpha value is -2.17. The number of carbonyl (C=O) groups is 3.